The molecule has 0 spiro atoms. The third kappa shape index (κ3) is 1.09. The molecule has 2 unspecified atom stereocenters. The van der Waals surface area contributed by atoms with Crippen molar-refractivity contribution < 1.29 is 5.11 Å². The second kappa shape index (κ2) is 2.05. The van der Waals surface area contributed by atoms with Gasteiger partial charge in [0.1, 0.15) is 0 Å². The Morgan fingerprint density at radius 3 is 2.38 bits per heavy atom. The van der Waals surface area contributed by atoms with Crippen molar-refractivity contribution in [3.05, 3.63) is 0 Å². The molecular weight excluding hydrogens is 147 g/mol. The molecule has 8 heavy (non-hydrogen) atoms. The Balaban J connectivity index is 2.54. The minimum Gasteiger partial charge on any atom is -0.373 e. The fraction of sp³-hybridized carbons (Fsp3) is 1.00. The predicted molar refractivity (Wildman–Crippen MR) is 34.3 cm³/mol. The number of rotatable bonds is 0. The van der Waals surface area contributed by atoms with Crippen molar-refractivity contribution >= 4 is 23.2 Å². The fourth-order valence-corrected chi connectivity index (χ4v) is 1.41. The lowest BCUT2D eigenvalue weighted by Gasteiger charge is -2.15. The molecule has 0 heterocycles. The molecule has 48 valence electrons. The van der Waals surface area contributed by atoms with Crippen LogP contribution < -0.4 is 0 Å². The van der Waals surface area contributed by atoms with Gasteiger partial charge in [-0.1, -0.05) is 11.6 Å². The molecular formula is C5H8Cl2O. The van der Waals surface area contributed by atoms with Crippen molar-refractivity contribution in [3.8, 4) is 0 Å². The van der Waals surface area contributed by atoms with Crippen LogP contribution in [0.3, 0.4) is 0 Å². The van der Waals surface area contributed by atoms with Crippen LogP contribution in [0.5, 0.6) is 0 Å². The normalized spacial score (nSPS) is 47.6. The molecule has 0 aromatic carbocycles. The first-order valence-electron chi connectivity index (χ1n) is 2.68. The van der Waals surface area contributed by atoms with E-state index in [1.165, 1.54) is 0 Å². The van der Waals surface area contributed by atoms with Crippen LogP contribution in [-0.2, 0) is 0 Å². The largest absolute Gasteiger partial charge is 0.373 e. The SMILES string of the molecule is OC1(Cl)CCCC1Cl. The van der Waals surface area contributed by atoms with Gasteiger partial charge in [0.05, 0.1) is 5.38 Å². The summed E-state index contributed by atoms with van der Waals surface area (Å²) in [6.07, 6.45) is 2.40. The van der Waals surface area contributed by atoms with Crippen molar-refractivity contribution in [2.75, 3.05) is 0 Å². The van der Waals surface area contributed by atoms with E-state index in [1.54, 1.807) is 0 Å². The Bertz CT molecular complexity index is 92.4. The summed E-state index contributed by atoms with van der Waals surface area (Å²) in [6.45, 7) is 0. The standard InChI is InChI=1S/C5H8Cl2O/c6-4-2-1-3-5(4,7)8/h4,8H,1-3H2. The molecule has 0 aliphatic heterocycles. The van der Waals surface area contributed by atoms with E-state index >= 15 is 0 Å². The average Bonchev–Trinajstić information content (AvgIpc) is 1.86. The van der Waals surface area contributed by atoms with E-state index in [0.29, 0.717) is 6.42 Å². The Hall–Kier alpha value is 0.540. The topological polar surface area (TPSA) is 20.2 Å². The smallest absolute Gasteiger partial charge is 0.154 e. The van der Waals surface area contributed by atoms with Gasteiger partial charge < -0.3 is 5.11 Å². The predicted octanol–water partition coefficient (Wildman–Crippen LogP) is 1.71. The first-order valence-corrected chi connectivity index (χ1v) is 3.50. The molecule has 0 aromatic rings. The molecule has 1 rings (SSSR count). The molecule has 2 atom stereocenters. The summed E-state index contributed by atoms with van der Waals surface area (Å²) < 4.78 is 0. The van der Waals surface area contributed by atoms with Crippen LogP contribution in [-0.4, -0.2) is 15.5 Å². The van der Waals surface area contributed by atoms with Gasteiger partial charge in [0.2, 0.25) is 0 Å². The molecule has 1 N–H and O–H groups in total. The highest BCUT2D eigenvalue weighted by atomic mass is 35.5. The zero-order valence-electron chi connectivity index (χ0n) is 4.40. The van der Waals surface area contributed by atoms with Gasteiger partial charge in [0, 0.05) is 0 Å². The lowest BCUT2D eigenvalue weighted by atomic mass is 10.3. The Morgan fingerprint density at radius 1 is 1.62 bits per heavy atom. The van der Waals surface area contributed by atoms with Crippen LogP contribution in [0, 0.1) is 0 Å². The zero-order chi connectivity index (χ0) is 6.20. The van der Waals surface area contributed by atoms with Crippen LogP contribution in [0.25, 0.3) is 0 Å². The van der Waals surface area contributed by atoms with E-state index in [0.717, 1.165) is 12.8 Å². The molecule has 0 saturated heterocycles. The van der Waals surface area contributed by atoms with Gasteiger partial charge >= 0.3 is 0 Å². The molecule has 1 fully saturated rings. The summed E-state index contributed by atoms with van der Waals surface area (Å²) in [5.74, 6) is 0. The minimum absolute atomic E-state index is 0.246. The molecule has 1 saturated carbocycles. The molecule has 0 amide bonds. The van der Waals surface area contributed by atoms with E-state index in [2.05, 4.69) is 0 Å². The van der Waals surface area contributed by atoms with Gasteiger partial charge in [0.25, 0.3) is 0 Å². The summed E-state index contributed by atoms with van der Waals surface area (Å²) in [5.41, 5.74) is 0. The van der Waals surface area contributed by atoms with Gasteiger partial charge in [-0.25, -0.2) is 0 Å². The van der Waals surface area contributed by atoms with Crippen molar-refractivity contribution in [1.29, 1.82) is 0 Å². The van der Waals surface area contributed by atoms with Crippen LogP contribution >= 0.6 is 23.2 Å². The second-order valence-corrected chi connectivity index (χ2v) is 3.36. The zero-order valence-corrected chi connectivity index (χ0v) is 5.91. The first-order chi connectivity index (χ1) is 3.63. The van der Waals surface area contributed by atoms with Gasteiger partial charge in [-0.05, 0) is 19.3 Å². The van der Waals surface area contributed by atoms with Gasteiger partial charge in [0.15, 0.2) is 5.06 Å². The lowest BCUT2D eigenvalue weighted by molar-refractivity contribution is 0.140. The molecule has 1 nitrogen and oxygen atoms in total. The number of aliphatic hydroxyl groups is 1. The van der Waals surface area contributed by atoms with E-state index in [-0.39, 0.29) is 5.38 Å². The quantitative estimate of drug-likeness (QED) is 0.528. The summed E-state index contributed by atoms with van der Waals surface area (Å²) in [4.78, 5) is 0. The van der Waals surface area contributed by atoms with Crippen molar-refractivity contribution in [2.24, 2.45) is 0 Å². The molecule has 3 heteroatoms. The maximum Gasteiger partial charge on any atom is 0.154 e. The lowest BCUT2D eigenvalue weighted by Crippen LogP contribution is -2.25. The first kappa shape index (κ1) is 6.66. The summed E-state index contributed by atoms with van der Waals surface area (Å²) in [6, 6.07) is 0. The van der Waals surface area contributed by atoms with E-state index < -0.39 is 5.06 Å². The Labute approximate surface area is 58.6 Å². The van der Waals surface area contributed by atoms with Crippen molar-refractivity contribution in [1.82, 2.24) is 0 Å². The molecule has 0 radical (unpaired) electrons. The molecule has 1 aliphatic carbocycles. The van der Waals surface area contributed by atoms with Gasteiger partial charge in [-0.2, -0.15) is 0 Å². The fourth-order valence-electron chi connectivity index (χ4n) is 0.907. The number of halogens is 2. The van der Waals surface area contributed by atoms with Crippen LogP contribution in [0.4, 0.5) is 0 Å². The highest BCUT2D eigenvalue weighted by molar-refractivity contribution is 6.31. The number of hydrogen-bond donors (Lipinski definition) is 1. The van der Waals surface area contributed by atoms with Crippen molar-refractivity contribution in [3.63, 3.8) is 0 Å². The van der Waals surface area contributed by atoms with E-state index in [4.69, 9.17) is 28.3 Å². The third-order valence-electron chi connectivity index (χ3n) is 1.46. The third-order valence-corrected chi connectivity index (χ3v) is 2.61. The molecule has 0 aromatic heterocycles. The molecule has 1 aliphatic rings. The van der Waals surface area contributed by atoms with Crippen LogP contribution in [0.2, 0.25) is 0 Å². The summed E-state index contributed by atoms with van der Waals surface area (Å²) >= 11 is 11.2. The highest BCUT2D eigenvalue weighted by Gasteiger charge is 2.37. The Morgan fingerprint density at radius 2 is 2.25 bits per heavy atom. The monoisotopic (exact) mass is 154 g/mol. The highest BCUT2D eigenvalue weighted by Crippen LogP contribution is 2.36. The average molecular weight is 155 g/mol. The Kier molecular flexibility index (Phi) is 1.71. The maximum atomic E-state index is 9.10. The van der Waals surface area contributed by atoms with E-state index in [1.807, 2.05) is 0 Å². The minimum atomic E-state index is -1.11. The number of alkyl halides is 2. The summed E-state index contributed by atoms with van der Waals surface area (Å²) in [5, 5.41) is 7.74. The van der Waals surface area contributed by atoms with Crippen molar-refractivity contribution in [2.45, 2.75) is 29.7 Å². The maximum absolute atomic E-state index is 9.10. The van der Waals surface area contributed by atoms with E-state index in [9.17, 15) is 0 Å². The van der Waals surface area contributed by atoms with Gasteiger partial charge in [-0.3, -0.25) is 0 Å². The van der Waals surface area contributed by atoms with Crippen LogP contribution in [0.1, 0.15) is 19.3 Å². The summed E-state index contributed by atoms with van der Waals surface area (Å²) in [7, 11) is 0. The number of hydrogen-bond acceptors (Lipinski definition) is 1. The van der Waals surface area contributed by atoms with Gasteiger partial charge in [-0.15, -0.1) is 11.6 Å². The second-order valence-electron chi connectivity index (χ2n) is 2.18. The molecule has 0 bridgehead atoms. The van der Waals surface area contributed by atoms with Crippen LogP contribution in [0.15, 0.2) is 0 Å².